The van der Waals surface area contributed by atoms with Crippen LogP contribution in [0.3, 0.4) is 0 Å². The van der Waals surface area contributed by atoms with Gasteiger partial charge in [-0.05, 0) is 59.8 Å². The van der Waals surface area contributed by atoms with Crippen LogP contribution in [-0.2, 0) is 14.4 Å². The zero-order chi connectivity index (χ0) is 20.1. The molecule has 0 aromatic carbocycles. The highest BCUT2D eigenvalue weighted by molar-refractivity contribution is 6.00. The highest BCUT2D eigenvalue weighted by Gasteiger charge is 2.27. The van der Waals surface area contributed by atoms with E-state index in [9.17, 15) is 14.4 Å². The normalized spacial score (nSPS) is 12.0. The lowest BCUT2D eigenvalue weighted by Gasteiger charge is -2.09. The Hall–Kier alpha value is -2.37. The molecular formula is C20H31NO5. The van der Waals surface area contributed by atoms with Crippen LogP contribution < -0.4 is 5.32 Å². The highest BCUT2D eigenvalue weighted by Crippen LogP contribution is 2.12. The number of carbonyl (C=O) groups is 3. The van der Waals surface area contributed by atoms with Crippen LogP contribution in [0.1, 0.15) is 66.2 Å². The Bertz CT molecular complexity index is 569. The third-order valence-electron chi connectivity index (χ3n) is 3.79. The van der Waals surface area contributed by atoms with Crippen LogP contribution >= 0.6 is 0 Å². The fourth-order valence-corrected chi connectivity index (χ4v) is 2.25. The van der Waals surface area contributed by atoms with E-state index in [0.29, 0.717) is 6.42 Å². The lowest BCUT2D eigenvalue weighted by molar-refractivity contribution is -0.153. The highest BCUT2D eigenvalue weighted by atomic mass is 16.4. The van der Waals surface area contributed by atoms with E-state index in [-0.39, 0.29) is 6.42 Å². The molecule has 0 heterocycles. The van der Waals surface area contributed by atoms with Crippen molar-refractivity contribution in [1.82, 2.24) is 5.32 Å². The Morgan fingerprint density at radius 1 is 0.769 bits per heavy atom. The molecule has 0 radical (unpaired) electrons. The third-order valence-corrected chi connectivity index (χ3v) is 3.79. The molecule has 26 heavy (non-hydrogen) atoms. The number of rotatable bonds is 12. The van der Waals surface area contributed by atoms with Crippen LogP contribution in [-0.4, -0.2) is 34.1 Å². The Labute approximate surface area is 155 Å². The summed E-state index contributed by atoms with van der Waals surface area (Å²) in [5.41, 5.74) is 3.85. The molecule has 0 aliphatic rings. The molecule has 0 aliphatic heterocycles. The minimum Gasteiger partial charge on any atom is -0.479 e. The van der Waals surface area contributed by atoms with E-state index in [4.69, 9.17) is 10.2 Å². The second-order valence-electron chi connectivity index (χ2n) is 6.68. The predicted molar refractivity (Wildman–Crippen MR) is 102 cm³/mol. The van der Waals surface area contributed by atoms with Gasteiger partial charge in [-0.1, -0.05) is 34.9 Å². The monoisotopic (exact) mass is 365 g/mol. The summed E-state index contributed by atoms with van der Waals surface area (Å²) in [5, 5.41) is 19.4. The summed E-state index contributed by atoms with van der Waals surface area (Å²) in [6.45, 7) is 8.30. The van der Waals surface area contributed by atoms with Gasteiger partial charge < -0.3 is 15.5 Å². The molecular weight excluding hydrogens is 334 g/mol. The predicted octanol–water partition coefficient (Wildman–Crippen LogP) is 3.84. The number of hydrogen-bond donors (Lipinski definition) is 3. The molecule has 0 saturated heterocycles. The molecule has 1 amide bonds. The molecule has 0 atom stereocenters. The number of nitrogens with one attached hydrogen (secondary N) is 1. The largest absolute Gasteiger partial charge is 0.479 e. The maximum atomic E-state index is 11.6. The van der Waals surface area contributed by atoms with Gasteiger partial charge in [0.2, 0.25) is 11.9 Å². The van der Waals surface area contributed by atoms with E-state index >= 15 is 0 Å². The molecule has 6 nitrogen and oxygen atoms in total. The van der Waals surface area contributed by atoms with Crippen molar-refractivity contribution in [3.8, 4) is 0 Å². The summed E-state index contributed by atoms with van der Waals surface area (Å²) in [6, 6.07) is -1.90. The molecule has 0 spiro atoms. The molecule has 0 fully saturated rings. The minimum atomic E-state index is -1.90. The van der Waals surface area contributed by atoms with Crippen molar-refractivity contribution in [2.75, 3.05) is 0 Å². The molecule has 0 unspecified atom stereocenters. The second-order valence-corrected chi connectivity index (χ2v) is 6.68. The number of hydrogen-bond acceptors (Lipinski definition) is 3. The van der Waals surface area contributed by atoms with Crippen molar-refractivity contribution in [2.24, 2.45) is 0 Å². The first-order chi connectivity index (χ1) is 12.1. The standard InChI is InChI=1S/C20H31NO5/c1-14(2)8-5-9-15(3)10-6-11-16(4)12-7-13-17(22)21-18(19(23)24)20(25)26/h8,10,12,18H,5-7,9,11,13H2,1-4H3,(H,21,22)(H,23,24)(H,25,26)/b15-10+,16-12+. The summed E-state index contributed by atoms with van der Waals surface area (Å²) in [6.07, 6.45) is 10.9. The van der Waals surface area contributed by atoms with E-state index in [1.165, 1.54) is 11.1 Å². The van der Waals surface area contributed by atoms with Gasteiger partial charge in [0, 0.05) is 6.42 Å². The average molecular weight is 365 g/mol. The number of amides is 1. The van der Waals surface area contributed by atoms with E-state index < -0.39 is 23.9 Å². The number of carbonyl (C=O) groups excluding carboxylic acids is 1. The molecule has 6 heteroatoms. The van der Waals surface area contributed by atoms with Crippen LogP contribution in [0.2, 0.25) is 0 Å². The smallest absolute Gasteiger partial charge is 0.338 e. The van der Waals surface area contributed by atoms with Gasteiger partial charge in [0.15, 0.2) is 0 Å². The number of carboxylic acids is 2. The molecule has 0 aromatic rings. The zero-order valence-corrected chi connectivity index (χ0v) is 16.2. The van der Waals surface area contributed by atoms with Crippen molar-refractivity contribution in [3.05, 3.63) is 34.9 Å². The molecule has 0 aliphatic carbocycles. The Balaban J connectivity index is 4.18. The summed E-state index contributed by atoms with van der Waals surface area (Å²) >= 11 is 0. The zero-order valence-electron chi connectivity index (χ0n) is 16.2. The first-order valence-electron chi connectivity index (χ1n) is 8.83. The van der Waals surface area contributed by atoms with Crippen LogP contribution in [0.25, 0.3) is 0 Å². The number of aliphatic carboxylic acids is 2. The molecule has 0 bridgehead atoms. The Morgan fingerprint density at radius 3 is 1.62 bits per heavy atom. The maximum Gasteiger partial charge on any atom is 0.338 e. The van der Waals surface area contributed by atoms with Crippen molar-refractivity contribution in [3.63, 3.8) is 0 Å². The van der Waals surface area contributed by atoms with Crippen LogP contribution in [0.5, 0.6) is 0 Å². The Kier molecular flexibility index (Phi) is 11.7. The Morgan fingerprint density at radius 2 is 1.19 bits per heavy atom. The minimum absolute atomic E-state index is 0.0615. The summed E-state index contributed by atoms with van der Waals surface area (Å²) in [7, 11) is 0. The van der Waals surface area contributed by atoms with E-state index in [0.717, 1.165) is 31.3 Å². The summed E-state index contributed by atoms with van der Waals surface area (Å²) in [4.78, 5) is 33.0. The van der Waals surface area contributed by atoms with E-state index in [1.807, 2.05) is 18.3 Å². The van der Waals surface area contributed by atoms with Gasteiger partial charge in [-0.25, -0.2) is 9.59 Å². The van der Waals surface area contributed by atoms with Gasteiger partial charge in [0.1, 0.15) is 0 Å². The van der Waals surface area contributed by atoms with E-state index in [2.05, 4.69) is 32.9 Å². The van der Waals surface area contributed by atoms with Crippen molar-refractivity contribution in [1.29, 1.82) is 0 Å². The third kappa shape index (κ3) is 12.1. The number of allylic oxidation sites excluding steroid dienone is 6. The maximum absolute atomic E-state index is 11.6. The van der Waals surface area contributed by atoms with Gasteiger partial charge in [-0.3, -0.25) is 4.79 Å². The fraction of sp³-hybridized carbons (Fsp3) is 0.550. The van der Waals surface area contributed by atoms with Crippen molar-refractivity contribution >= 4 is 17.8 Å². The quantitative estimate of drug-likeness (QED) is 0.360. The summed E-state index contributed by atoms with van der Waals surface area (Å²) < 4.78 is 0. The first-order valence-corrected chi connectivity index (χ1v) is 8.83. The first kappa shape index (κ1) is 23.6. The van der Waals surface area contributed by atoms with Crippen LogP contribution in [0.15, 0.2) is 34.9 Å². The van der Waals surface area contributed by atoms with Crippen LogP contribution in [0.4, 0.5) is 0 Å². The van der Waals surface area contributed by atoms with Gasteiger partial charge >= 0.3 is 11.9 Å². The second kappa shape index (κ2) is 12.9. The summed E-state index contributed by atoms with van der Waals surface area (Å²) in [5.74, 6) is -3.74. The lowest BCUT2D eigenvalue weighted by Crippen LogP contribution is -2.46. The van der Waals surface area contributed by atoms with Gasteiger partial charge in [0.05, 0.1) is 0 Å². The van der Waals surface area contributed by atoms with Gasteiger partial charge in [-0.2, -0.15) is 0 Å². The molecule has 0 rings (SSSR count). The van der Waals surface area contributed by atoms with Gasteiger partial charge in [-0.15, -0.1) is 0 Å². The average Bonchev–Trinajstić information content (AvgIpc) is 2.51. The SMILES string of the molecule is CC(C)=CCC/C(C)=C/CC/C(C)=C/CCC(=O)NC(C(=O)O)C(=O)O. The fourth-order valence-electron chi connectivity index (χ4n) is 2.25. The van der Waals surface area contributed by atoms with Crippen LogP contribution in [0, 0.1) is 0 Å². The van der Waals surface area contributed by atoms with Crippen molar-refractivity contribution in [2.45, 2.75) is 72.3 Å². The van der Waals surface area contributed by atoms with E-state index in [1.54, 1.807) is 0 Å². The topological polar surface area (TPSA) is 104 Å². The molecule has 0 aromatic heterocycles. The molecule has 0 saturated carbocycles. The molecule has 3 N–H and O–H groups in total. The van der Waals surface area contributed by atoms with Crippen molar-refractivity contribution < 1.29 is 24.6 Å². The molecule has 146 valence electrons. The van der Waals surface area contributed by atoms with Gasteiger partial charge in [0.25, 0.3) is 0 Å². The lowest BCUT2D eigenvalue weighted by atomic mass is 10.1. The number of carboxylic acid groups (broad SMARTS) is 2.